The molecular formula is C34H38Cl2Zr. The molecule has 0 spiro atoms. The Bertz CT molecular complexity index is 1050. The summed E-state index contributed by atoms with van der Waals surface area (Å²) in [6, 6.07) is 22.6. The van der Waals surface area contributed by atoms with Crippen molar-refractivity contribution in [3.05, 3.63) is 107 Å². The van der Waals surface area contributed by atoms with Crippen LogP contribution < -0.4 is 24.8 Å². The van der Waals surface area contributed by atoms with Crippen molar-refractivity contribution in [3.63, 3.8) is 0 Å². The van der Waals surface area contributed by atoms with Crippen LogP contribution in [-0.4, -0.2) is 0 Å². The van der Waals surface area contributed by atoms with Gasteiger partial charge in [-0.05, 0) is 0 Å². The van der Waals surface area contributed by atoms with E-state index in [1.54, 1.807) is 11.1 Å². The van der Waals surface area contributed by atoms with E-state index >= 15 is 0 Å². The first-order valence-corrected chi connectivity index (χ1v) is 16.9. The molecule has 2 aromatic carbocycles. The van der Waals surface area contributed by atoms with Crippen LogP contribution in [0.3, 0.4) is 0 Å². The SMILES string of the molecule is C1=CC2CCCCC[CH]([Zr+2][CH]3CCCCCC4C=CC(c5ccccc5)=C43)C2=C1c1ccccc1.[Cl-].[Cl-]. The Morgan fingerprint density at radius 3 is 1.32 bits per heavy atom. The van der Waals surface area contributed by atoms with Crippen LogP contribution in [0, 0.1) is 11.8 Å². The number of hydrogen-bond donors (Lipinski definition) is 0. The second-order valence-electron chi connectivity index (χ2n) is 10.9. The molecule has 192 valence electrons. The van der Waals surface area contributed by atoms with Crippen LogP contribution in [-0.2, 0) is 23.2 Å². The monoisotopic (exact) mass is 606 g/mol. The zero-order valence-corrected chi connectivity index (χ0v) is 25.7. The van der Waals surface area contributed by atoms with Crippen molar-refractivity contribution in [2.24, 2.45) is 11.8 Å². The van der Waals surface area contributed by atoms with E-state index in [1.807, 2.05) is 11.1 Å². The summed E-state index contributed by atoms with van der Waals surface area (Å²) in [4.78, 5) is 0. The molecule has 0 aliphatic heterocycles. The number of benzene rings is 2. The van der Waals surface area contributed by atoms with Gasteiger partial charge in [0.1, 0.15) is 0 Å². The molecule has 2 saturated carbocycles. The fourth-order valence-corrected chi connectivity index (χ4v) is 12.8. The molecule has 0 bridgehead atoms. The Kier molecular flexibility index (Phi) is 10.7. The van der Waals surface area contributed by atoms with Gasteiger partial charge in [-0.25, -0.2) is 0 Å². The fraction of sp³-hybridized carbons (Fsp3) is 0.412. The average Bonchev–Trinajstić information content (AvgIpc) is 3.48. The van der Waals surface area contributed by atoms with E-state index in [9.17, 15) is 0 Å². The maximum atomic E-state index is 2.57. The standard InChI is InChI=1S/2C17H19.2ClH.Zr/c2*1-2-7-11-16-15(10-4-1)12-13-17(16)14-8-5-3-6-9-14;;;/h2*3,5-6,8-9,11-13,15H,1-2,4,7,10H2;2*1H;/q;;;;+2/p-2. The van der Waals surface area contributed by atoms with Gasteiger partial charge in [0.05, 0.1) is 0 Å². The van der Waals surface area contributed by atoms with Crippen LogP contribution in [0.2, 0.25) is 7.25 Å². The molecule has 0 saturated heterocycles. The molecule has 37 heavy (non-hydrogen) atoms. The zero-order chi connectivity index (χ0) is 23.5. The Labute approximate surface area is 248 Å². The van der Waals surface area contributed by atoms with Gasteiger partial charge in [0, 0.05) is 0 Å². The second-order valence-corrected chi connectivity index (χ2v) is 15.2. The third-order valence-electron chi connectivity index (χ3n) is 8.75. The van der Waals surface area contributed by atoms with E-state index in [-0.39, 0.29) is 24.8 Å². The smallest absolute Gasteiger partial charge is 1.00 e. The van der Waals surface area contributed by atoms with Crippen molar-refractivity contribution in [2.75, 3.05) is 0 Å². The van der Waals surface area contributed by atoms with Crippen molar-refractivity contribution in [2.45, 2.75) is 71.5 Å². The Morgan fingerprint density at radius 1 is 0.486 bits per heavy atom. The minimum atomic E-state index is -0.698. The molecule has 6 rings (SSSR count). The molecule has 2 aromatic rings. The zero-order valence-electron chi connectivity index (χ0n) is 21.7. The predicted molar refractivity (Wildman–Crippen MR) is 146 cm³/mol. The van der Waals surface area contributed by atoms with Crippen molar-refractivity contribution >= 4 is 11.1 Å². The maximum Gasteiger partial charge on any atom is -1.00 e. The van der Waals surface area contributed by atoms with Crippen LogP contribution in [0.15, 0.2) is 96.1 Å². The predicted octanol–water partition coefficient (Wildman–Crippen LogP) is 3.86. The summed E-state index contributed by atoms with van der Waals surface area (Å²) in [5, 5.41) is 0. The summed E-state index contributed by atoms with van der Waals surface area (Å²) in [6.07, 6.45) is 24.3. The molecule has 0 nitrogen and oxygen atoms in total. The molecule has 0 heterocycles. The Balaban J connectivity index is 0.00000160. The molecule has 4 aliphatic carbocycles. The van der Waals surface area contributed by atoms with E-state index < -0.39 is 23.2 Å². The van der Waals surface area contributed by atoms with Gasteiger partial charge in [0.25, 0.3) is 0 Å². The van der Waals surface area contributed by atoms with Gasteiger partial charge < -0.3 is 24.8 Å². The Morgan fingerprint density at radius 2 is 0.892 bits per heavy atom. The van der Waals surface area contributed by atoms with Crippen molar-refractivity contribution in [1.29, 1.82) is 0 Å². The maximum absolute atomic E-state index is 2.57. The van der Waals surface area contributed by atoms with Crippen LogP contribution in [0.1, 0.15) is 75.3 Å². The van der Waals surface area contributed by atoms with Crippen LogP contribution in [0.25, 0.3) is 11.1 Å². The summed E-state index contributed by atoms with van der Waals surface area (Å²) in [7, 11) is 0. The van der Waals surface area contributed by atoms with Gasteiger partial charge in [-0.15, -0.1) is 0 Å². The summed E-state index contributed by atoms with van der Waals surface area (Å²) in [5.74, 6) is 1.40. The number of hydrogen-bond acceptors (Lipinski definition) is 0. The first-order chi connectivity index (χ1) is 17.4. The van der Waals surface area contributed by atoms with Gasteiger partial charge in [-0.3, -0.25) is 0 Å². The summed E-state index contributed by atoms with van der Waals surface area (Å²) < 4.78 is 1.76. The van der Waals surface area contributed by atoms with Crippen molar-refractivity contribution in [1.82, 2.24) is 0 Å². The van der Waals surface area contributed by atoms with Gasteiger partial charge in [-0.2, -0.15) is 0 Å². The largest absolute Gasteiger partial charge is 1.00 e. The first-order valence-electron chi connectivity index (χ1n) is 14.1. The van der Waals surface area contributed by atoms with Crippen molar-refractivity contribution in [3.8, 4) is 0 Å². The number of allylic oxidation sites excluding steroid dienone is 8. The number of halogens is 2. The average molecular weight is 609 g/mol. The van der Waals surface area contributed by atoms with E-state index in [1.165, 1.54) is 75.3 Å². The van der Waals surface area contributed by atoms with Gasteiger partial charge in [0.2, 0.25) is 0 Å². The molecule has 4 aliphatic rings. The molecule has 0 aromatic heterocycles. The third kappa shape index (κ3) is 6.37. The topological polar surface area (TPSA) is 0 Å². The fourth-order valence-electron chi connectivity index (χ4n) is 7.06. The molecule has 0 N–H and O–H groups in total. The van der Waals surface area contributed by atoms with Gasteiger partial charge >= 0.3 is 225 Å². The molecule has 3 heteroatoms. The quantitative estimate of drug-likeness (QED) is 0.495. The van der Waals surface area contributed by atoms with Crippen LogP contribution >= 0.6 is 0 Å². The molecule has 2 fully saturated rings. The number of rotatable bonds is 4. The van der Waals surface area contributed by atoms with Gasteiger partial charge in [0.15, 0.2) is 0 Å². The van der Waals surface area contributed by atoms with Crippen molar-refractivity contribution < 1.29 is 48.0 Å². The third-order valence-corrected chi connectivity index (χ3v) is 13.7. The molecule has 0 radical (unpaired) electrons. The van der Waals surface area contributed by atoms with Crippen LogP contribution in [0.4, 0.5) is 0 Å². The first kappa shape index (κ1) is 28.9. The molecule has 4 unspecified atom stereocenters. The number of fused-ring (bicyclic) bond motifs is 2. The normalized spacial score (nSPS) is 27.0. The summed E-state index contributed by atoms with van der Waals surface area (Å²) >= 11 is -0.698. The molecule has 0 amide bonds. The van der Waals surface area contributed by atoms with E-state index in [0.29, 0.717) is 11.8 Å². The van der Waals surface area contributed by atoms with Crippen LogP contribution in [0.5, 0.6) is 0 Å². The minimum Gasteiger partial charge on any atom is -1.00 e. The van der Waals surface area contributed by atoms with E-state index in [0.717, 1.165) is 7.25 Å². The minimum absolute atomic E-state index is 0. The summed E-state index contributed by atoms with van der Waals surface area (Å²) in [5.41, 5.74) is 9.80. The molecule has 4 atom stereocenters. The Hall–Kier alpha value is -1.14. The second kappa shape index (κ2) is 13.8. The van der Waals surface area contributed by atoms with E-state index in [4.69, 9.17) is 0 Å². The van der Waals surface area contributed by atoms with E-state index in [2.05, 4.69) is 85.0 Å². The summed E-state index contributed by atoms with van der Waals surface area (Å²) in [6.45, 7) is 0. The molecular weight excluding hydrogens is 571 g/mol. The van der Waals surface area contributed by atoms with Gasteiger partial charge in [-0.1, -0.05) is 0 Å².